The van der Waals surface area contributed by atoms with Gasteiger partial charge in [-0.2, -0.15) is 4.98 Å². The van der Waals surface area contributed by atoms with E-state index in [4.69, 9.17) is 14.2 Å². The number of methoxy groups -OCH3 is 1. The molecule has 0 aromatic carbocycles. The summed E-state index contributed by atoms with van der Waals surface area (Å²) in [6.45, 7) is 9.57. The maximum Gasteiger partial charge on any atom is 1.00 e. The first-order valence-electron chi connectivity index (χ1n) is 7.64. The number of carbonyl (C=O) groups is 3. The third-order valence-corrected chi connectivity index (χ3v) is 2.46. The van der Waals surface area contributed by atoms with Crippen molar-refractivity contribution < 1.29 is 63.3 Å². The normalized spacial score (nSPS) is 11.1. The number of amides is 2. The summed E-state index contributed by atoms with van der Waals surface area (Å²) in [6, 6.07) is 0.987. The predicted molar refractivity (Wildman–Crippen MR) is 87.9 cm³/mol. The molecule has 2 amide bonds. The Hall–Kier alpha value is -1.91. The molecule has 0 N–H and O–H groups in total. The van der Waals surface area contributed by atoms with E-state index in [1.54, 1.807) is 41.5 Å². The molecule has 1 aromatic rings. The van der Waals surface area contributed by atoms with Crippen molar-refractivity contribution in [3.63, 3.8) is 0 Å². The van der Waals surface area contributed by atoms with Gasteiger partial charge in [0.05, 0.1) is 18.8 Å². The zero-order valence-electron chi connectivity index (χ0n) is 16.8. The van der Waals surface area contributed by atoms with Gasteiger partial charge in [0, 0.05) is 6.07 Å². The summed E-state index contributed by atoms with van der Waals surface area (Å²) in [7, 11) is 1.23. The van der Waals surface area contributed by atoms with Crippen LogP contribution in [0.1, 0.15) is 52.0 Å². The van der Waals surface area contributed by atoms with E-state index in [1.807, 2.05) is 0 Å². The van der Waals surface area contributed by atoms with Crippen LogP contribution >= 0.6 is 0 Å². The maximum absolute atomic E-state index is 12.5. The molecule has 0 radical (unpaired) electrons. The quantitative estimate of drug-likeness (QED) is 0.567. The van der Waals surface area contributed by atoms with Crippen molar-refractivity contribution in [1.29, 1.82) is 0 Å². The van der Waals surface area contributed by atoms with E-state index in [-0.39, 0.29) is 35.4 Å². The van der Waals surface area contributed by atoms with Crippen molar-refractivity contribution in [1.82, 2.24) is 9.97 Å². The third-order valence-electron chi connectivity index (χ3n) is 2.46. The second kappa shape index (κ2) is 9.34. The number of carboxylic acid groups (broad SMARTS) is 1. The number of carbonyl (C=O) groups excluding carboxylic acids is 3. The molecule has 0 aliphatic rings. The van der Waals surface area contributed by atoms with Crippen LogP contribution in [0.2, 0.25) is 0 Å². The minimum atomic E-state index is -1.64. The number of hydrogen-bond donors (Lipinski definition) is 0. The van der Waals surface area contributed by atoms with Gasteiger partial charge in [-0.3, -0.25) is 0 Å². The van der Waals surface area contributed by atoms with Crippen molar-refractivity contribution >= 4 is 24.1 Å². The Labute approximate surface area is 179 Å². The molecule has 0 aliphatic carbocycles. The van der Waals surface area contributed by atoms with Crippen LogP contribution in [-0.4, -0.2) is 46.4 Å². The first kappa shape index (κ1) is 25.1. The van der Waals surface area contributed by atoms with Gasteiger partial charge in [0.1, 0.15) is 11.2 Å². The molecule has 144 valence electrons. The molecule has 0 aliphatic heterocycles. The van der Waals surface area contributed by atoms with Gasteiger partial charge in [-0.05, 0) is 41.5 Å². The van der Waals surface area contributed by atoms with E-state index in [1.165, 1.54) is 7.11 Å². The first-order chi connectivity index (χ1) is 11.7. The molecule has 0 saturated carbocycles. The molecule has 11 heteroatoms. The molecular formula is C16H22N3NaO7. The largest absolute Gasteiger partial charge is 1.00 e. The summed E-state index contributed by atoms with van der Waals surface area (Å²) in [4.78, 5) is 44.0. The molecule has 0 atom stereocenters. The number of ether oxygens (including phenoxy) is 3. The summed E-state index contributed by atoms with van der Waals surface area (Å²) in [5.74, 6) is -2.40. The maximum atomic E-state index is 12.5. The summed E-state index contributed by atoms with van der Waals surface area (Å²) in [5.41, 5.74) is -2.45. The van der Waals surface area contributed by atoms with Crippen LogP contribution in [0.3, 0.4) is 0 Å². The number of nitrogens with zero attached hydrogens (tertiary/aromatic N) is 3. The number of hydrogen-bond acceptors (Lipinski definition) is 9. The molecular weight excluding hydrogens is 369 g/mol. The van der Waals surface area contributed by atoms with Gasteiger partial charge in [-0.1, -0.05) is 0 Å². The molecule has 27 heavy (non-hydrogen) atoms. The zero-order valence-corrected chi connectivity index (χ0v) is 18.8. The fourth-order valence-corrected chi connectivity index (χ4v) is 1.57. The smallest absolute Gasteiger partial charge is 0.543 e. The Morgan fingerprint density at radius 1 is 0.963 bits per heavy atom. The number of aromatic nitrogens is 2. The van der Waals surface area contributed by atoms with Crippen molar-refractivity contribution in [3.05, 3.63) is 11.8 Å². The second-order valence-corrected chi connectivity index (χ2v) is 7.18. The van der Waals surface area contributed by atoms with Gasteiger partial charge >= 0.3 is 41.7 Å². The van der Waals surface area contributed by atoms with E-state index in [0.717, 1.165) is 6.07 Å². The number of anilines is 1. The molecule has 0 unspecified atom stereocenters. The number of aromatic carboxylic acids is 1. The van der Waals surface area contributed by atoms with E-state index in [9.17, 15) is 19.5 Å². The first-order valence-corrected chi connectivity index (χ1v) is 7.64. The Bertz CT molecular complexity index is 683. The van der Waals surface area contributed by atoms with E-state index < -0.39 is 41.0 Å². The van der Waals surface area contributed by atoms with Crippen molar-refractivity contribution in [2.24, 2.45) is 0 Å². The molecule has 1 heterocycles. The molecule has 10 nitrogen and oxygen atoms in total. The summed E-state index contributed by atoms with van der Waals surface area (Å²) >= 11 is 0. The van der Waals surface area contributed by atoms with Crippen LogP contribution < -0.4 is 44.3 Å². The van der Waals surface area contributed by atoms with Crippen LogP contribution in [0.4, 0.5) is 15.5 Å². The van der Waals surface area contributed by atoms with Crippen molar-refractivity contribution in [2.75, 3.05) is 12.0 Å². The van der Waals surface area contributed by atoms with Gasteiger partial charge in [-0.15, -0.1) is 4.90 Å². The topological polar surface area (TPSA) is 131 Å². The van der Waals surface area contributed by atoms with Crippen molar-refractivity contribution in [3.8, 4) is 5.88 Å². The Balaban J connectivity index is 0.00000676. The van der Waals surface area contributed by atoms with Gasteiger partial charge in [-0.25, -0.2) is 14.6 Å². The third kappa shape index (κ3) is 8.10. The predicted octanol–water partition coefficient (Wildman–Crippen LogP) is -1.47. The molecule has 0 fully saturated rings. The standard InChI is InChI=1S/C16H23N3O7.Na/c1-15(2,3)25-13(22)19(14(23)26-16(4,5)6)12-17-9(11(20)21)8-10(18-12)24-7;/h8H,1-7H3,(H,20,21);/q;+1/p-1. The number of rotatable bonds is 3. The Morgan fingerprint density at radius 2 is 1.41 bits per heavy atom. The summed E-state index contributed by atoms with van der Waals surface area (Å²) in [5, 5.41) is 11.1. The van der Waals surface area contributed by atoms with Crippen LogP contribution in [0, 0.1) is 0 Å². The Kier molecular flexibility index (Phi) is 8.68. The summed E-state index contributed by atoms with van der Waals surface area (Å²) in [6.07, 6.45) is -2.27. The van der Waals surface area contributed by atoms with Crippen LogP contribution in [0.25, 0.3) is 0 Å². The second-order valence-electron chi connectivity index (χ2n) is 7.18. The van der Waals surface area contributed by atoms with E-state index >= 15 is 0 Å². The zero-order chi connectivity index (χ0) is 20.3. The fraction of sp³-hybridized carbons (Fsp3) is 0.562. The van der Waals surface area contributed by atoms with E-state index in [0.29, 0.717) is 4.90 Å². The van der Waals surface area contributed by atoms with Gasteiger partial charge < -0.3 is 24.1 Å². The van der Waals surface area contributed by atoms with Gasteiger partial charge in [0.15, 0.2) is 0 Å². The SMILES string of the molecule is COc1cc(C(=O)[O-])nc(N(C(=O)OC(C)(C)C)C(=O)OC(C)(C)C)n1.[Na+]. The molecule has 0 bridgehead atoms. The molecule has 1 aromatic heterocycles. The average molecular weight is 391 g/mol. The van der Waals surface area contributed by atoms with Crippen LogP contribution in [-0.2, 0) is 9.47 Å². The van der Waals surface area contributed by atoms with Gasteiger partial charge in [0.2, 0.25) is 11.8 Å². The van der Waals surface area contributed by atoms with Crippen LogP contribution in [0.5, 0.6) is 5.88 Å². The Morgan fingerprint density at radius 3 is 1.74 bits per heavy atom. The minimum absolute atomic E-state index is 0. The van der Waals surface area contributed by atoms with Crippen molar-refractivity contribution in [2.45, 2.75) is 52.7 Å². The monoisotopic (exact) mass is 391 g/mol. The molecule has 1 rings (SSSR count). The molecule has 0 saturated heterocycles. The number of carboxylic acids is 1. The van der Waals surface area contributed by atoms with E-state index in [2.05, 4.69) is 9.97 Å². The summed E-state index contributed by atoms with van der Waals surface area (Å²) < 4.78 is 15.2. The molecule has 0 spiro atoms. The van der Waals surface area contributed by atoms with Crippen LogP contribution in [0.15, 0.2) is 6.07 Å². The average Bonchev–Trinajstić information content (AvgIpc) is 2.42. The fourth-order valence-electron chi connectivity index (χ4n) is 1.57. The minimum Gasteiger partial charge on any atom is -0.543 e. The number of imide groups is 1. The van der Waals surface area contributed by atoms with Gasteiger partial charge in [0.25, 0.3) is 0 Å².